The normalized spacial score (nSPS) is 9.68. The van der Waals surface area contributed by atoms with Crippen molar-refractivity contribution in [3.63, 3.8) is 0 Å². The average molecular weight is 309 g/mol. The highest BCUT2D eigenvalue weighted by atomic mass is 16.9. The Hall–Kier alpha value is -2.90. The van der Waals surface area contributed by atoms with E-state index in [1.165, 1.54) is 31.2 Å². The fraction of sp³-hybridized carbons (Fsp3) is 0.286. The second-order valence-corrected chi connectivity index (χ2v) is 4.13. The largest absolute Gasteiger partial charge is 0.427 e. The first kappa shape index (κ1) is 17.2. The van der Waals surface area contributed by atoms with Gasteiger partial charge in [0.15, 0.2) is 0 Å². The molecule has 0 aliphatic rings. The number of esters is 2. The minimum atomic E-state index is -0.921. The van der Waals surface area contributed by atoms with Crippen LogP contribution in [0.4, 0.5) is 0 Å². The number of benzene rings is 1. The van der Waals surface area contributed by atoms with Crippen LogP contribution in [0.3, 0.4) is 0 Å². The van der Waals surface area contributed by atoms with Crippen LogP contribution in [0.5, 0.6) is 11.5 Å². The maximum absolute atomic E-state index is 11.6. The van der Waals surface area contributed by atoms with Gasteiger partial charge in [-0.2, -0.15) is 0 Å². The molecule has 1 aromatic carbocycles. The summed E-state index contributed by atoms with van der Waals surface area (Å²) in [5.74, 6) is -0.464. The van der Waals surface area contributed by atoms with Crippen molar-refractivity contribution >= 4 is 18.0 Å². The van der Waals surface area contributed by atoms with Gasteiger partial charge in [0, 0.05) is 18.9 Å². The molecule has 0 amide bonds. The van der Waals surface area contributed by atoms with Crippen LogP contribution < -0.4 is 9.47 Å². The number of rotatable bonds is 8. The number of carbonyl (C=O) groups excluding carboxylic acids is 2. The Bertz CT molecular complexity index is 583. The molecule has 0 aliphatic carbocycles. The van der Waals surface area contributed by atoms with Crippen molar-refractivity contribution in [2.24, 2.45) is 0 Å². The molecule has 8 heteroatoms. The van der Waals surface area contributed by atoms with Crippen LogP contribution in [-0.2, 0) is 14.4 Å². The average Bonchev–Trinajstić information content (AvgIpc) is 2.44. The third kappa shape index (κ3) is 6.04. The molecule has 1 rings (SSSR count). The molecular weight excluding hydrogens is 294 g/mol. The van der Waals surface area contributed by atoms with E-state index in [1.807, 2.05) is 0 Å². The van der Waals surface area contributed by atoms with Crippen molar-refractivity contribution < 1.29 is 29.0 Å². The highest BCUT2D eigenvalue weighted by Gasteiger charge is 2.09. The first-order chi connectivity index (χ1) is 10.4. The lowest BCUT2D eigenvalue weighted by Gasteiger charge is -2.09. The van der Waals surface area contributed by atoms with Crippen molar-refractivity contribution in [3.05, 3.63) is 40.5 Å². The van der Waals surface area contributed by atoms with Gasteiger partial charge in [-0.05, 0) is 24.6 Å². The predicted molar refractivity (Wildman–Crippen MR) is 75.7 cm³/mol. The molecule has 0 saturated carbocycles. The van der Waals surface area contributed by atoms with Gasteiger partial charge in [-0.15, -0.1) is 10.1 Å². The van der Waals surface area contributed by atoms with E-state index in [1.54, 1.807) is 0 Å². The second kappa shape index (κ2) is 8.40. The van der Waals surface area contributed by atoms with Crippen molar-refractivity contribution in [1.82, 2.24) is 0 Å². The smallest absolute Gasteiger partial charge is 0.311 e. The van der Waals surface area contributed by atoms with Crippen LogP contribution in [0, 0.1) is 10.1 Å². The summed E-state index contributed by atoms with van der Waals surface area (Å²) >= 11 is 0. The lowest BCUT2D eigenvalue weighted by molar-refractivity contribution is -0.757. The van der Waals surface area contributed by atoms with Gasteiger partial charge in [-0.1, -0.05) is 12.7 Å². The Balaban J connectivity index is 2.58. The Labute approximate surface area is 126 Å². The van der Waals surface area contributed by atoms with Crippen LogP contribution in [0.25, 0.3) is 6.08 Å². The van der Waals surface area contributed by atoms with E-state index >= 15 is 0 Å². The molecule has 0 unspecified atom stereocenters. The van der Waals surface area contributed by atoms with Gasteiger partial charge in [0.2, 0.25) is 0 Å². The summed E-state index contributed by atoms with van der Waals surface area (Å²) in [5.41, 5.74) is 0.497. The van der Waals surface area contributed by atoms with Gasteiger partial charge in [-0.3, -0.25) is 9.59 Å². The summed E-state index contributed by atoms with van der Waals surface area (Å²) in [6, 6.07) is 4.45. The zero-order valence-electron chi connectivity index (χ0n) is 11.9. The molecule has 0 radical (unpaired) electrons. The summed E-state index contributed by atoms with van der Waals surface area (Å²) in [7, 11) is 0. The number of hydrogen-bond donors (Lipinski definition) is 0. The topological polar surface area (TPSA) is 105 Å². The summed E-state index contributed by atoms with van der Waals surface area (Å²) in [5, 5.41) is 9.01. The number of nitrogens with zero attached hydrogens (tertiary/aromatic N) is 1. The van der Waals surface area contributed by atoms with Crippen molar-refractivity contribution in [2.75, 3.05) is 6.61 Å². The molecule has 0 N–H and O–H groups in total. The molecular formula is C14H15NO7. The van der Waals surface area contributed by atoms with Crippen LogP contribution in [-0.4, -0.2) is 23.6 Å². The molecule has 8 nitrogen and oxygen atoms in total. The van der Waals surface area contributed by atoms with Crippen LogP contribution in [0.1, 0.15) is 25.3 Å². The number of ether oxygens (including phenoxy) is 2. The Kier molecular flexibility index (Phi) is 6.55. The minimum absolute atomic E-state index is 0.0248. The molecule has 0 spiro atoms. The SMILES string of the molecule is C=Cc1cc(OC(=O)CCCO[N+](=O)[O-])ccc1OC(C)=O. The fourth-order valence-corrected chi connectivity index (χ4v) is 1.54. The van der Waals surface area contributed by atoms with Crippen molar-refractivity contribution in [1.29, 1.82) is 0 Å². The summed E-state index contributed by atoms with van der Waals surface area (Å²) in [6.45, 7) is 4.68. The van der Waals surface area contributed by atoms with Gasteiger partial charge < -0.3 is 14.3 Å². The Morgan fingerprint density at radius 1 is 1.36 bits per heavy atom. The number of hydrogen-bond acceptors (Lipinski definition) is 7. The van der Waals surface area contributed by atoms with Gasteiger partial charge in [0.05, 0.1) is 6.61 Å². The molecule has 118 valence electrons. The van der Waals surface area contributed by atoms with Gasteiger partial charge >= 0.3 is 11.9 Å². The quantitative estimate of drug-likeness (QED) is 0.238. The second-order valence-electron chi connectivity index (χ2n) is 4.13. The molecule has 0 aliphatic heterocycles. The van der Waals surface area contributed by atoms with Crippen LogP contribution >= 0.6 is 0 Å². The summed E-state index contributed by atoms with van der Waals surface area (Å²) in [4.78, 5) is 36.5. The van der Waals surface area contributed by atoms with E-state index in [9.17, 15) is 19.7 Å². The number of carbonyl (C=O) groups is 2. The monoisotopic (exact) mass is 309 g/mol. The Morgan fingerprint density at radius 2 is 2.09 bits per heavy atom. The maximum atomic E-state index is 11.6. The standard InChI is InChI=1S/C14H15NO7/c1-3-11-9-12(6-7-13(11)21-10(2)16)22-14(17)5-4-8-20-15(18)19/h3,6-7,9H,1,4-5,8H2,2H3. The lowest BCUT2D eigenvalue weighted by atomic mass is 10.2. The maximum Gasteiger partial charge on any atom is 0.311 e. The van der Waals surface area contributed by atoms with Crippen LogP contribution in [0.2, 0.25) is 0 Å². The molecule has 22 heavy (non-hydrogen) atoms. The van der Waals surface area contributed by atoms with Gasteiger partial charge in [0.1, 0.15) is 11.5 Å². The first-order valence-corrected chi connectivity index (χ1v) is 6.35. The molecule has 0 saturated heterocycles. The highest BCUT2D eigenvalue weighted by molar-refractivity contribution is 5.74. The lowest BCUT2D eigenvalue weighted by Crippen LogP contribution is -2.10. The van der Waals surface area contributed by atoms with E-state index in [2.05, 4.69) is 11.4 Å². The van der Waals surface area contributed by atoms with E-state index in [0.717, 1.165) is 0 Å². The summed E-state index contributed by atoms with van der Waals surface area (Å²) < 4.78 is 10.0. The fourth-order valence-electron chi connectivity index (χ4n) is 1.54. The minimum Gasteiger partial charge on any atom is -0.427 e. The molecule has 1 aromatic rings. The molecule has 0 heterocycles. The first-order valence-electron chi connectivity index (χ1n) is 6.35. The predicted octanol–water partition coefficient (Wildman–Crippen LogP) is 2.15. The van der Waals surface area contributed by atoms with Crippen LogP contribution in [0.15, 0.2) is 24.8 Å². The molecule has 0 aromatic heterocycles. The van der Waals surface area contributed by atoms with Crippen molar-refractivity contribution in [3.8, 4) is 11.5 Å². The third-order valence-corrected chi connectivity index (χ3v) is 2.41. The van der Waals surface area contributed by atoms with E-state index in [4.69, 9.17) is 9.47 Å². The van der Waals surface area contributed by atoms with Gasteiger partial charge in [0.25, 0.3) is 5.09 Å². The Morgan fingerprint density at radius 3 is 2.68 bits per heavy atom. The van der Waals surface area contributed by atoms with E-state index in [0.29, 0.717) is 11.3 Å². The zero-order valence-corrected chi connectivity index (χ0v) is 11.9. The summed E-state index contributed by atoms with van der Waals surface area (Å²) in [6.07, 6.45) is 1.60. The highest BCUT2D eigenvalue weighted by Crippen LogP contribution is 2.25. The molecule has 0 bridgehead atoms. The van der Waals surface area contributed by atoms with E-state index < -0.39 is 17.0 Å². The van der Waals surface area contributed by atoms with Gasteiger partial charge in [-0.25, -0.2) is 0 Å². The van der Waals surface area contributed by atoms with E-state index in [-0.39, 0.29) is 25.2 Å². The third-order valence-electron chi connectivity index (χ3n) is 2.41. The molecule has 0 fully saturated rings. The molecule has 0 atom stereocenters. The zero-order chi connectivity index (χ0) is 16.5. The van der Waals surface area contributed by atoms with Crippen molar-refractivity contribution in [2.45, 2.75) is 19.8 Å².